The van der Waals surface area contributed by atoms with E-state index < -0.39 is 28.6 Å². The van der Waals surface area contributed by atoms with E-state index in [0.29, 0.717) is 43.9 Å². The maximum absolute atomic E-state index is 14.0. The topological polar surface area (TPSA) is 75.9 Å². The average Bonchev–Trinajstić information content (AvgIpc) is 3.20. The smallest absolute Gasteiger partial charge is 0.365 e. The van der Waals surface area contributed by atoms with Crippen molar-refractivity contribution in [2.24, 2.45) is 11.3 Å². The number of carbonyl (C=O) groups is 1. The molecule has 0 saturated carbocycles. The quantitative estimate of drug-likeness (QED) is 0.691. The van der Waals surface area contributed by atoms with Crippen molar-refractivity contribution in [3.63, 3.8) is 0 Å². The lowest BCUT2D eigenvalue weighted by Crippen LogP contribution is -2.56. The van der Waals surface area contributed by atoms with E-state index in [1.165, 1.54) is 10.8 Å². The van der Waals surface area contributed by atoms with Crippen molar-refractivity contribution >= 4 is 5.91 Å². The van der Waals surface area contributed by atoms with E-state index >= 15 is 0 Å². The second kappa shape index (κ2) is 4.90. The molecule has 4 aliphatic rings. The molecule has 144 valence electrons. The van der Waals surface area contributed by atoms with E-state index in [4.69, 9.17) is 0 Å². The van der Waals surface area contributed by atoms with Crippen LogP contribution in [0.15, 0.2) is 22.9 Å². The van der Waals surface area contributed by atoms with E-state index in [2.05, 4.69) is 25.7 Å². The first-order valence-corrected chi connectivity index (χ1v) is 9.04. The molecule has 1 saturated heterocycles. The summed E-state index contributed by atoms with van der Waals surface area (Å²) in [4.78, 5) is 14.9. The van der Waals surface area contributed by atoms with Gasteiger partial charge in [0.15, 0.2) is 5.82 Å². The molecule has 10 heteroatoms. The van der Waals surface area contributed by atoms with E-state index in [-0.39, 0.29) is 5.91 Å². The molecule has 1 aromatic rings. The van der Waals surface area contributed by atoms with E-state index in [1.807, 2.05) is 0 Å². The fraction of sp³-hybridized carbons (Fsp3) is 0.647. The molecule has 3 atom stereocenters. The van der Waals surface area contributed by atoms with Crippen LogP contribution in [0.2, 0.25) is 0 Å². The molecule has 1 amide bonds. The van der Waals surface area contributed by atoms with Crippen molar-refractivity contribution in [2.45, 2.75) is 44.9 Å². The van der Waals surface area contributed by atoms with Crippen LogP contribution in [0, 0.1) is 11.3 Å². The van der Waals surface area contributed by atoms with Crippen LogP contribution in [-0.2, 0) is 16.9 Å². The van der Waals surface area contributed by atoms with E-state index in [9.17, 15) is 18.0 Å². The number of allylic oxidation sites excluding steroid dienone is 2. The predicted molar refractivity (Wildman–Crippen MR) is 86.9 cm³/mol. The highest BCUT2D eigenvalue weighted by Gasteiger charge is 2.60. The highest BCUT2D eigenvalue weighted by molar-refractivity contribution is 5.89. The summed E-state index contributed by atoms with van der Waals surface area (Å²) in [7, 11) is 0. The van der Waals surface area contributed by atoms with Crippen LogP contribution in [-0.4, -0.2) is 50.3 Å². The zero-order valence-electron chi connectivity index (χ0n) is 15.0. The predicted octanol–water partition coefficient (Wildman–Crippen LogP) is 1.51. The van der Waals surface area contributed by atoms with Crippen molar-refractivity contribution < 1.29 is 18.0 Å². The Morgan fingerprint density at radius 2 is 2.11 bits per heavy atom. The summed E-state index contributed by atoms with van der Waals surface area (Å²) in [6.07, 6.45) is -2.23. The van der Waals surface area contributed by atoms with Crippen LogP contribution >= 0.6 is 0 Å². The number of amides is 1. The fourth-order valence-electron chi connectivity index (χ4n) is 5.48. The third-order valence-corrected chi connectivity index (χ3v) is 6.62. The Bertz CT molecular complexity index is 918. The van der Waals surface area contributed by atoms with Crippen molar-refractivity contribution in [2.75, 3.05) is 13.1 Å². The molecule has 1 N–H and O–H groups in total. The molecule has 1 aliphatic carbocycles. The summed E-state index contributed by atoms with van der Waals surface area (Å²) in [5.41, 5.74) is -1.34. The lowest BCUT2D eigenvalue weighted by Gasteiger charge is -2.54. The molecular weight excluding hydrogens is 361 g/mol. The average molecular weight is 380 g/mol. The van der Waals surface area contributed by atoms with Crippen LogP contribution < -0.4 is 5.32 Å². The number of tetrazole rings is 1. The first-order valence-electron chi connectivity index (χ1n) is 9.04. The summed E-state index contributed by atoms with van der Waals surface area (Å²) in [5, 5.41) is 14.5. The van der Waals surface area contributed by atoms with Gasteiger partial charge in [-0.3, -0.25) is 4.79 Å². The van der Waals surface area contributed by atoms with Crippen LogP contribution in [0.4, 0.5) is 13.2 Å². The summed E-state index contributed by atoms with van der Waals surface area (Å²) in [6, 6.07) is 0. The Kier molecular flexibility index (Phi) is 3.04. The minimum atomic E-state index is -4.49. The van der Waals surface area contributed by atoms with Gasteiger partial charge in [-0.1, -0.05) is 6.92 Å². The molecule has 1 spiro atoms. The molecule has 0 bridgehead atoms. The number of rotatable bonds is 0. The maximum Gasteiger partial charge on any atom is 0.413 e. The Labute approximate surface area is 153 Å². The van der Waals surface area contributed by atoms with Crippen molar-refractivity contribution in [3.05, 3.63) is 28.7 Å². The van der Waals surface area contributed by atoms with E-state index in [1.54, 1.807) is 13.8 Å². The molecule has 1 aromatic heterocycles. The number of halogens is 3. The number of alkyl halides is 3. The fourth-order valence-corrected chi connectivity index (χ4v) is 5.48. The Balaban J connectivity index is 1.84. The number of hydrogen-bond acceptors (Lipinski definition) is 5. The first-order chi connectivity index (χ1) is 12.7. The van der Waals surface area contributed by atoms with Gasteiger partial charge in [0.1, 0.15) is 5.54 Å². The van der Waals surface area contributed by atoms with Gasteiger partial charge in [0.05, 0.1) is 12.0 Å². The summed E-state index contributed by atoms with van der Waals surface area (Å²) >= 11 is 0. The number of aromatic nitrogens is 4. The number of hydrogen-bond donors (Lipinski definition) is 1. The second-order valence-electron chi connectivity index (χ2n) is 8.00. The number of carbonyl (C=O) groups excluding carboxylic acids is 1. The van der Waals surface area contributed by atoms with Crippen LogP contribution in [0.5, 0.6) is 0 Å². The Hall–Kier alpha value is -2.39. The molecule has 5 rings (SSSR count). The van der Waals surface area contributed by atoms with Gasteiger partial charge in [-0.25, -0.2) is 4.68 Å². The minimum Gasteiger partial charge on any atom is -0.365 e. The van der Waals surface area contributed by atoms with Gasteiger partial charge >= 0.3 is 6.18 Å². The SMILES string of the molecule is CC1C(C(F)(F)F)=CC2(C)C3=C1C1(CCNC1=O)CCN3Cc1nnnn12. The van der Waals surface area contributed by atoms with Gasteiger partial charge in [0.25, 0.3) is 0 Å². The van der Waals surface area contributed by atoms with Crippen LogP contribution in [0.3, 0.4) is 0 Å². The summed E-state index contributed by atoms with van der Waals surface area (Å²) in [5.74, 6) is -0.526. The second-order valence-corrected chi connectivity index (χ2v) is 8.00. The number of nitrogens with zero attached hydrogens (tertiary/aromatic N) is 5. The molecule has 0 aromatic carbocycles. The highest BCUT2D eigenvalue weighted by Crippen LogP contribution is 2.58. The molecule has 7 nitrogen and oxygen atoms in total. The monoisotopic (exact) mass is 380 g/mol. The Morgan fingerprint density at radius 3 is 2.78 bits per heavy atom. The van der Waals surface area contributed by atoms with Crippen molar-refractivity contribution in [3.8, 4) is 0 Å². The molecular formula is C17H19F3N6O. The van der Waals surface area contributed by atoms with Crippen LogP contribution in [0.1, 0.15) is 32.5 Å². The molecule has 0 radical (unpaired) electrons. The van der Waals surface area contributed by atoms with Gasteiger partial charge in [0.2, 0.25) is 5.91 Å². The molecule has 27 heavy (non-hydrogen) atoms. The molecule has 1 fully saturated rings. The number of nitrogens with one attached hydrogen (secondary N) is 1. The normalized spacial score (nSPS) is 35.1. The summed E-state index contributed by atoms with van der Waals surface area (Å²) < 4.78 is 43.3. The zero-order valence-corrected chi connectivity index (χ0v) is 15.0. The maximum atomic E-state index is 14.0. The number of fused-ring (bicyclic) bond motifs is 3. The minimum absolute atomic E-state index is 0.162. The van der Waals surface area contributed by atoms with Gasteiger partial charge < -0.3 is 10.2 Å². The third-order valence-electron chi connectivity index (χ3n) is 6.62. The van der Waals surface area contributed by atoms with Crippen molar-refractivity contribution in [1.29, 1.82) is 0 Å². The first kappa shape index (κ1) is 16.8. The van der Waals surface area contributed by atoms with Gasteiger partial charge in [-0.2, -0.15) is 13.2 Å². The Morgan fingerprint density at radius 1 is 1.33 bits per heavy atom. The highest BCUT2D eigenvalue weighted by atomic mass is 19.4. The largest absolute Gasteiger partial charge is 0.413 e. The molecule has 4 heterocycles. The zero-order chi connectivity index (χ0) is 19.2. The lowest BCUT2D eigenvalue weighted by molar-refractivity contribution is -0.128. The standard InChI is InChI=1S/C17H19F3N6O/c1-9-10(17(18,19)20)7-15(2)13-12(9)16(3-5-21-14(16)27)4-6-25(13)8-11-22-23-24-26(11)15/h7,9H,3-6,8H2,1-2H3,(H,21,27). The lowest BCUT2D eigenvalue weighted by atomic mass is 9.61. The van der Waals surface area contributed by atoms with Gasteiger partial charge in [-0.15, -0.1) is 5.10 Å². The third kappa shape index (κ3) is 1.93. The van der Waals surface area contributed by atoms with Crippen LogP contribution in [0.25, 0.3) is 0 Å². The summed E-state index contributed by atoms with van der Waals surface area (Å²) in [6.45, 7) is 4.78. The van der Waals surface area contributed by atoms with Crippen molar-refractivity contribution in [1.82, 2.24) is 30.4 Å². The molecule has 3 unspecified atom stereocenters. The molecule has 3 aliphatic heterocycles. The van der Waals surface area contributed by atoms with E-state index in [0.717, 1.165) is 5.70 Å². The van der Waals surface area contributed by atoms with Gasteiger partial charge in [0, 0.05) is 30.3 Å². The van der Waals surface area contributed by atoms with Gasteiger partial charge in [-0.05, 0) is 41.8 Å².